The van der Waals surface area contributed by atoms with Gasteiger partial charge in [-0.2, -0.15) is 20.1 Å². The maximum absolute atomic E-state index is 12.8. The summed E-state index contributed by atoms with van der Waals surface area (Å²) < 4.78 is 1.44. The number of nitrogens with one attached hydrogen (secondary N) is 2. The first-order valence-electron chi connectivity index (χ1n) is 9.74. The Morgan fingerprint density at radius 2 is 1.88 bits per heavy atom. The molecule has 4 aromatic rings. The van der Waals surface area contributed by atoms with Gasteiger partial charge in [0, 0.05) is 5.69 Å². The average molecular weight is 427 g/mol. The second-order valence-corrected chi connectivity index (χ2v) is 7.06. The van der Waals surface area contributed by atoms with E-state index >= 15 is 0 Å². The molecule has 10 heteroatoms. The van der Waals surface area contributed by atoms with Crippen molar-refractivity contribution in [2.45, 2.75) is 13.8 Å². The van der Waals surface area contributed by atoms with Crippen molar-refractivity contribution in [3.8, 4) is 5.69 Å². The highest BCUT2D eigenvalue weighted by Crippen LogP contribution is 2.23. The van der Waals surface area contributed by atoms with Crippen LogP contribution >= 0.6 is 0 Å². The summed E-state index contributed by atoms with van der Waals surface area (Å²) in [7, 11) is 0. The van der Waals surface area contributed by atoms with Crippen molar-refractivity contribution in [3.63, 3.8) is 0 Å². The van der Waals surface area contributed by atoms with Gasteiger partial charge in [0.05, 0.1) is 17.1 Å². The Balaban J connectivity index is 1.58. The first-order chi connectivity index (χ1) is 15.4. The number of H-pyrrole nitrogens is 1. The number of allylic oxidation sites excluding steroid dienone is 1. The molecule has 4 N–H and O–H groups in total. The smallest absolute Gasteiger partial charge is 0.299 e. The van der Waals surface area contributed by atoms with E-state index in [1.54, 1.807) is 32.0 Å². The van der Waals surface area contributed by atoms with Crippen molar-refractivity contribution in [2.24, 2.45) is 10.2 Å². The lowest BCUT2D eigenvalue weighted by Crippen LogP contribution is -2.13. The number of hydrogen-bond donors (Lipinski definition) is 3. The van der Waals surface area contributed by atoms with Gasteiger partial charge in [-0.15, -0.1) is 5.11 Å². The Hall–Kier alpha value is -4.60. The molecule has 0 bridgehead atoms. The minimum atomic E-state index is -0.278. The maximum atomic E-state index is 12.8. The Bertz CT molecular complexity index is 1370. The fraction of sp³-hybridized carbons (Fsp3) is 0.0909. The zero-order valence-electron chi connectivity index (χ0n) is 17.6. The predicted octanol–water partition coefficient (Wildman–Crippen LogP) is 4.43. The summed E-state index contributed by atoms with van der Waals surface area (Å²) in [4.78, 5) is 25.2. The highest BCUT2D eigenvalue weighted by atomic mass is 16.1. The summed E-state index contributed by atoms with van der Waals surface area (Å²) in [5, 5.41) is 14.5. The Morgan fingerprint density at radius 3 is 2.62 bits per heavy atom. The third-order valence-corrected chi connectivity index (χ3v) is 4.46. The predicted molar refractivity (Wildman–Crippen MR) is 124 cm³/mol. The monoisotopic (exact) mass is 427 g/mol. The number of anilines is 3. The molecule has 32 heavy (non-hydrogen) atoms. The molecule has 0 amide bonds. The summed E-state index contributed by atoms with van der Waals surface area (Å²) in [6.45, 7) is 7.39. The Labute approximate surface area is 183 Å². The lowest BCUT2D eigenvalue weighted by Gasteiger charge is -2.07. The molecule has 2 aromatic heterocycles. The first kappa shape index (κ1) is 20.7. The molecule has 0 unspecified atom stereocenters. The Kier molecular flexibility index (Phi) is 5.58. The topological polar surface area (TPSA) is 139 Å². The van der Waals surface area contributed by atoms with Gasteiger partial charge in [-0.1, -0.05) is 30.8 Å². The molecule has 0 aliphatic heterocycles. The number of nitrogens with zero attached hydrogens (tertiary/aromatic N) is 6. The number of nitrogen functional groups attached to an aromatic ring is 1. The van der Waals surface area contributed by atoms with Gasteiger partial charge >= 0.3 is 0 Å². The number of hydrogen-bond acceptors (Lipinski definition) is 8. The SMILES string of the molecule is C=C(C)c1nc(N)nc(Nc2cccc(N=Nc3c(C)[nH]n(-c4ccccc4)c3=O)c2)n1. The second-order valence-electron chi connectivity index (χ2n) is 7.06. The quantitative estimate of drug-likeness (QED) is 0.389. The number of aryl methyl sites for hydroxylation is 1. The fourth-order valence-corrected chi connectivity index (χ4v) is 2.94. The standard InChI is InChI=1S/C22H21N9O/c1-13(2)19-25-21(23)27-22(26-19)24-15-8-7-9-16(12-15)28-29-18-14(3)30-31(20(18)32)17-10-5-4-6-11-17/h4-12,30H,1H2,2-3H3,(H3,23,24,25,26,27). The molecule has 0 saturated heterocycles. The van der Waals surface area contributed by atoms with E-state index in [1.807, 2.05) is 36.4 Å². The number of nitrogens with two attached hydrogens (primary N) is 1. The van der Waals surface area contributed by atoms with Crippen LogP contribution in [-0.4, -0.2) is 24.7 Å². The molecule has 2 aromatic carbocycles. The fourth-order valence-electron chi connectivity index (χ4n) is 2.94. The van der Waals surface area contributed by atoms with Crippen molar-refractivity contribution in [2.75, 3.05) is 11.1 Å². The minimum absolute atomic E-state index is 0.0916. The van der Waals surface area contributed by atoms with E-state index in [2.05, 4.69) is 42.2 Å². The van der Waals surface area contributed by atoms with E-state index in [4.69, 9.17) is 5.73 Å². The highest BCUT2D eigenvalue weighted by molar-refractivity contribution is 5.62. The molecule has 0 spiro atoms. The zero-order valence-corrected chi connectivity index (χ0v) is 17.6. The van der Waals surface area contributed by atoms with Crippen LogP contribution in [0.4, 0.5) is 29.0 Å². The molecule has 0 saturated carbocycles. The van der Waals surface area contributed by atoms with Crippen molar-refractivity contribution >= 4 is 34.5 Å². The van der Waals surface area contributed by atoms with Crippen LogP contribution in [0.15, 0.2) is 76.2 Å². The minimum Gasteiger partial charge on any atom is -0.368 e. The molecule has 4 rings (SSSR count). The van der Waals surface area contributed by atoms with E-state index < -0.39 is 0 Å². The summed E-state index contributed by atoms with van der Waals surface area (Å²) in [6, 6.07) is 16.4. The largest absolute Gasteiger partial charge is 0.368 e. The van der Waals surface area contributed by atoms with Gasteiger partial charge in [0.2, 0.25) is 11.9 Å². The molecule has 0 atom stereocenters. The van der Waals surface area contributed by atoms with E-state index in [-0.39, 0.29) is 23.1 Å². The van der Waals surface area contributed by atoms with Crippen molar-refractivity contribution < 1.29 is 0 Å². The van der Waals surface area contributed by atoms with Crippen LogP contribution in [0.5, 0.6) is 0 Å². The molecule has 0 aliphatic carbocycles. The molecule has 0 fully saturated rings. The number of rotatable bonds is 6. The third kappa shape index (κ3) is 4.43. The van der Waals surface area contributed by atoms with Crippen LogP contribution in [0.1, 0.15) is 18.4 Å². The molecule has 10 nitrogen and oxygen atoms in total. The lowest BCUT2D eigenvalue weighted by molar-refractivity contribution is 0.835. The van der Waals surface area contributed by atoms with Gasteiger partial charge in [-0.3, -0.25) is 9.89 Å². The van der Waals surface area contributed by atoms with Crippen LogP contribution in [0.25, 0.3) is 11.3 Å². The molecule has 0 radical (unpaired) electrons. The van der Waals surface area contributed by atoms with Gasteiger partial charge in [0.1, 0.15) is 0 Å². The first-order valence-corrected chi connectivity index (χ1v) is 9.74. The van der Waals surface area contributed by atoms with Gasteiger partial charge in [-0.05, 0) is 49.8 Å². The molecular weight excluding hydrogens is 406 g/mol. The molecule has 0 aliphatic rings. The van der Waals surface area contributed by atoms with Gasteiger partial charge in [-0.25, -0.2) is 4.68 Å². The zero-order chi connectivity index (χ0) is 22.7. The van der Waals surface area contributed by atoms with E-state index in [0.717, 1.165) is 5.69 Å². The highest BCUT2D eigenvalue weighted by Gasteiger charge is 2.12. The number of benzene rings is 2. The normalized spacial score (nSPS) is 11.1. The van der Waals surface area contributed by atoms with E-state index in [0.29, 0.717) is 28.5 Å². The van der Waals surface area contributed by atoms with E-state index in [1.165, 1.54) is 4.68 Å². The van der Waals surface area contributed by atoms with Crippen molar-refractivity contribution in [1.29, 1.82) is 0 Å². The number of para-hydroxylation sites is 1. The number of aromatic amines is 1. The van der Waals surface area contributed by atoms with Crippen LogP contribution in [0.3, 0.4) is 0 Å². The van der Waals surface area contributed by atoms with Crippen LogP contribution in [0.2, 0.25) is 0 Å². The molecular formula is C22H21N9O. The van der Waals surface area contributed by atoms with Gasteiger partial charge < -0.3 is 11.1 Å². The molecule has 160 valence electrons. The third-order valence-electron chi connectivity index (χ3n) is 4.46. The van der Waals surface area contributed by atoms with Gasteiger partial charge in [0.15, 0.2) is 11.5 Å². The Morgan fingerprint density at radius 1 is 1.09 bits per heavy atom. The number of azo groups is 1. The van der Waals surface area contributed by atoms with Crippen molar-refractivity contribution in [1.82, 2.24) is 24.7 Å². The summed E-state index contributed by atoms with van der Waals surface area (Å²) in [5.41, 5.74) is 8.94. The van der Waals surface area contributed by atoms with Crippen LogP contribution in [0, 0.1) is 6.92 Å². The lowest BCUT2D eigenvalue weighted by atomic mass is 10.3. The summed E-state index contributed by atoms with van der Waals surface area (Å²) >= 11 is 0. The second kappa shape index (κ2) is 8.64. The average Bonchev–Trinajstić information content (AvgIpc) is 3.06. The van der Waals surface area contributed by atoms with Gasteiger partial charge in [0.25, 0.3) is 5.56 Å². The van der Waals surface area contributed by atoms with Crippen LogP contribution in [-0.2, 0) is 0 Å². The summed E-state index contributed by atoms with van der Waals surface area (Å²) in [5.74, 6) is 0.791. The van der Waals surface area contributed by atoms with Crippen LogP contribution < -0.4 is 16.6 Å². The van der Waals surface area contributed by atoms with Crippen molar-refractivity contribution in [3.05, 3.63) is 83.0 Å². The number of aromatic nitrogens is 5. The van der Waals surface area contributed by atoms with E-state index in [9.17, 15) is 4.79 Å². The maximum Gasteiger partial charge on any atom is 0.299 e. The summed E-state index contributed by atoms with van der Waals surface area (Å²) in [6.07, 6.45) is 0. The molecule has 2 heterocycles.